The van der Waals surface area contributed by atoms with Crippen LogP contribution in [-0.4, -0.2) is 41.4 Å². The maximum atomic E-state index is 11.5. The van der Waals surface area contributed by atoms with Crippen molar-refractivity contribution in [2.75, 3.05) is 6.61 Å². The maximum absolute atomic E-state index is 11.5. The molecule has 1 amide bonds. The standard InChI is InChI=1S/C10H15NO6/c1-3-17-10(16)9(11-6(2)12)7(13)4-5-8(14)15/h9H,3-5H2,1-2H3,(H,11,12)(H,14,15)/i11+1. The van der Waals surface area contributed by atoms with Crippen LogP contribution in [-0.2, 0) is 23.9 Å². The number of nitrogens with one attached hydrogen (secondary N) is 1. The van der Waals surface area contributed by atoms with Crippen LogP contribution in [0.3, 0.4) is 0 Å². The molecule has 7 nitrogen and oxygen atoms in total. The summed E-state index contributed by atoms with van der Waals surface area (Å²) in [4.78, 5) is 44.0. The third-order valence-electron chi connectivity index (χ3n) is 1.78. The predicted octanol–water partition coefficient (Wildman–Crippen LogP) is -0.512. The summed E-state index contributed by atoms with van der Waals surface area (Å²) in [6, 6.07) is -1.42. The molecule has 2 N–H and O–H groups in total. The number of hydrogen-bond donors (Lipinski definition) is 2. The molecule has 0 bridgehead atoms. The van der Waals surface area contributed by atoms with Crippen molar-refractivity contribution >= 4 is 23.6 Å². The van der Waals surface area contributed by atoms with Crippen molar-refractivity contribution in [3.8, 4) is 0 Å². The molecule has 1 unspecified atom stereocenters. The van der Waals surface area contributed by atoms with Gasteiger partial charge in [0.1, 0.15) is 0 Å². The van der Waals surface area contributed by atoms with Gasteiger partial charge < -0.3 is 15.2 Å². The van der Waals surface area contributed by atoms with Gasteiger partial charge in [-0.1, -0.05) is 0 Å². The minimum atomic E-state index is -1.42. The SMILES string of the molecule is CCOC(=O)C([15NH]C(C)=O)C(=O)CCC(=O)O. The molecule has 7 heteroatoms. The van der Waals surface area contributed by atoms with E-state index in [-0.39, 0.29) is 13.0 Å². The number of Topliss-reactive ketones (excluding diaryl/α,β-unsaturated/α-hetero) is 1. The van der Waals surface area contributed by atoms with Crippen molar-refractivity contribution in [3.05, 3.63) is 0 Å². The molecule has 0 fully saturated rings. The summed E-state index contributed by atoms with van der Waals surface area (Å²) in [5, 5.41) is 10.5. The van der Waals surface area contributed by atoms with E-state index in [4.69, 9.17) is 5.11 Å². The van der Waals surface area contributed by atoms with Gasteiger partial charge in [-0.2, -0.15) is 0 Å². The minimum Gasteiger partial charge on any atom is -0.481 e. The maximum Gasteiger partial charge on any atom is 0.336 e. The number of carbonyl (C=O) groups excluding carboxylic acids is 3. The van der Waals surface area contributed by atoms with Crippen LogP contribution < -0.4 is 5.32 Å². The van der Waals surface area contributed by atoms with E-state index in [1.165, 1.54) is 0 Å². The lowest BCUT2D eigenvalue weighted by molar-refractivity contribution is -0.151. The first kappa shape index (κ1) is 15.1. The zero-order valence-corrected chi connectivity index (χ0v) is 9.69. The van der Waals surface area contributed by atoms with Crippen molar-refractivity contribution in [1.82, 2.24) is 5.32 Å². The van der Waals surface area contributed by atoms with Crippen molar-refractivity contribution in [1.29, 1.82) is 0 Å². The Balaban J connectivity index is 4.55. The first-order chi connectivity index (χ1) is 7.88. The third-order valence-corrected chi connectivity index (χ3v) is 1.78. The van der Waals surface area contributed by atoms with Crippen LogP contribution in [0.15, 0.2) is 0 Å². The Bertz CT molecular complexity index is 325. The number of esters is 1. The summed E-state index contributed by atoms with van der Waals surface area (Å²) in [6.07, 6.45) is -0.729. The van der Waals surface area contributed by atoms with Crippen LogP contribution in [0.5, 0.6) is 0 Å². The van der Waals surface area contributed by atoms with Gasteiger partial charge in [0.25, 0.3) is 0 Å². The second kappa shape index (κ2) is 7.37. The Morgan fingerprint density at radius 1 is 1.24 bits per heavy atom. The first-order valence-corrected chi connectivity index (χ1v) is 5.06. The van der Waals surface area contributed by atoms with Gasteiger partial charge in [-0.25, -0.2) is 4.79 Å². The summed E-state index contributed by atoms with van der Waals surface area (Å²) >= 11 is 0. The second-order valence-electron chi connectivity index (χ2n) is 3.25. The Hall–Kier alpha value is -1.92. The van der Waals surface area contributed by atoms with Gasteiger partial charge in [-0.05, 0) is 6.92 Å². The molecule has 0 saturated carbocycles. The van der Waals surface area contributed by atoms with Gasteiger partial charge in [-0.3, -0.25) is 14.4 Å². The molecule has 0 spiro atoms. The lowest BCUT2D eigenvalue weighted by Crippen LogP contribution is -2.46. The van der Waals surface area contributed by atoms with Gasteiger partial charge in [0.15, 0.2) is 11.8 Å². The van der Waals surface area contributed by atoms with Gasteiger partial charge in [-0.15, -0.1) is 0 Å². The van der Waals surface area contributed by atoms with Crippen LogP contribution in [0.25, 0.3) is 0 Å². The number of hydrogen-bond acceptors (Lipinski definition) is 5. The van der Waals surface area contributed by atoms with Gasteiger partial charge >= 0.3 is 11.9 Å². The molecular formula is C10H15NO6. The van der Waals surface area contributed by atoms with E-state index in [1.54, 1.807) is 6.92 Å². The van der Waals surface area contributed by atoms with E-state index in [9.17, 15) is 19.2 Å². The molecule has 17 heavy (non-hydrogen) atoms. The molecular weight excluding hydrogens is 231 g/mol. The van der Waals surface area contributed by atoms with Crippen molar-refractivity contribution in [2.24, 2.45) is 0 Å². The molecule has 0 aromatic heterocycles. The summed E-state index contributed by atoms with van der Waals surface area (Å²) in [5.41, 5.74) is 0. The zero-order chi connectivity index (χ0) is 13.4. The number of amides is 1. The Morgan fingerprint density at radius 2 is 1.82 bits per heavy atom. The molecule has 0 aromatic carbocycles. The average molecular weight is 246 g/mol. The van der Waals surface area contributed by atoms with E-state index < -0.39 is 36.1 Å². The first-order valence-electron chi connectivity index (χ1n) is 5.06. The number of ether oxygens (including phenoxy) is 1. The normalized spacial score (nSPS) is 11.4. The number of ketones is 1. The van der Waals surface area contributed by atoms with Gasteiger partial charge in [0, 0.05) is 13.3 Å². The highest BCUT2D eigenvalue weighted by molar-refractivity contribution is 6.06. The molecule has 0 aromatic rings. The van der Waals surface area contributed by atoms with E-state index in [2.05, 4.69) is 10.1 Å². The average Bonchev–Trinajstić information content (AvgIpc) is 2.22. The summed E-state index contributed by atoms with van der Waals surface area (Å²) in [5.74, 6) is -3.27. The number of carboxylic acid groups (broad SMARTS) is 1. The molecule has 0 radical (unpaired) electrons. The molecule has 0 heterocycles. The van der Waals surface area contributed by atoms with E-state index in [1.807, 2.05) is 0 Å². The van der Waals surface area contributed by atoms with Crippen LogP contribution >= 0.6 is 0 Å². The molecule has 96 valence electrons. The monoisotopic (exact) mass is 246 g/mol. The third kappa shape index (κ3) is 6.29. The lowest BCUT2D eigenvalue weighted by atomic mass is 10.1. The summed E-state index contributed by atoms with van der Waals surface area (Å²) in [7, 11) is 0. The fraction of sp³-hybridized carbons (Fsp3) is 0.600. The molecule has 1 atom stereocenters. The van der Waals surface area contributed by atoms with E-state index in [0.29, 0.717) is 0 Å². The number of rotatable bonds is 7. The van der Waals surface area contributed by atoms with Crippen molar-refractivity contribution in [3.63, 3.8) is 0 Å². The van der Waals surface area contributed by atoms with Crippen LogP contribution in [0.4, 0.5) is 0 Å². The van der Waals surface area contributed by atoms with Gasteiger partial charge in [0.05, 0.1) is 13.0 Å². The molecule has 0 aliphatic rings. The highest BCUT2D eigenvalue weighted by Crippen LogP contribution is 2.00. The Labute approximate surface area is 98.1 Å². The lowest BCUT2D eigenvalue weighted by Gasteiger charge is -2.14. The number of carbonyl (C=O) groups is 4. The fourth-order valence-corrected chi connectivity index (χ4v) is 1.07. The number of aliphatic carboxylic acids is 1. The molecule has 0 rings (SSSR count). The molecule has 0 saturated heterocycles. The Kier molecular flexibility index (Phi) is 6.54. The smallest absolute Gasteiger partial charge is 0.336 e. The number of carboxylic acids is 1. The predicted molar refractivity (Wildman–Crippen MR) is 56.1 cm³/mol. The van der Waals surface area contributed by atoms with Crippen LogP contribution in [0.1, 0.15) is 26.7 Å². The minimum absolute atomic E-state index is 0.0706. The zero-order valence-electron chi connectivity index (χ0n) is 9.69. The highest BCUT2D eigenvalue weighted by Gasteiger charge is 2.28. The van der Waals surface area contributed by atoms with E-state index in [0.717, 1.165) is 6.92 Å². The van der Waals surface area contributed by atoms with Crippen molar-refractivity contribution in [2.45, 2.75) is 32.7 Å². The largest absolute Gasteiger partial charge is 0.481 e. The second-order valence-corrected chi connectivity index (χ2v) is 3.25. The van der Waals surface area contributed by atoms with Crippen molar-refractivity contribution < 1.29 is 29.0 Å². The Morgan fingerprint density at radius 3 is 2.24 bits per heavy atom. The fourth-order valence-electron chi connectivity index (χ4n) is 1.07. The summed E-state index contributed by atoms with van der Waals surface area (Å²) < 4.78 is 4.61. The van der Waals surface area contributed by atoms with Gasteiger partial charge in [0.2, 0.25) is 5.91 Å². The highest BCUT2D eigenvalue weighted by atomic mass is 16.5. The van der Waals surface area contributed by atoms with E-state index >= 15 is 0 Å². The van der Waals surface area contributed by atoms with Crippen LogP contribution in [0, 0.1) is 0 Å². The quantitative estimate of drug-likeness (QED) is 0.355. The van der Waals surface area contributed by atoms with Crippen LogP contribution in [0.2, 0.25) is 0 Å². The summed E-state index contributed by atoms with van der Waals surface area (Å²) in [6.45, 7) is 2.78. The topological polar surface area (TPSA) is 110 Å². The molecule has 0 aliphatic carbocycles. The molecule has 0 aliphatic heterocycles.